The summed E-state index contributed by atoms with van der Waals surface area (Å²) in [5.74, 6) is -2.14. The van der Waals surface area contributed by atoms with Crippen molar-refractivity contribution >= 4 is 17.2 Å². The van der Waals surface area contributed by atoms with Crippen LogP contribution in [0.3, 0.4) is 0 Å². The molecular formula is C17H15F2N5O2. The van der Waals surface area contributed by atoms with Crippen LogP contribution in [0.5, 0.6) is 0 Å². The lowest BCUT2D eigenvalue weighted by atomic mass is 10.2. The Morgan fingerprint density at radius 2 is 1.92 bits per heavy atom. The highest BCUT2D eigenvalue weighted by molar-refractivity contribution is 5.88. The van der Waals surface area contributed by atoms with E-state index in [1.165, 1.54) is 29.9 Å². The van der Waals surface area contributed by atoms with Crippen LogP contribution < -0.4 is 5.69 Å². The molecule has 0 aliphatic carbocycles. The van der Waals surface area contributed by atoms with Gasteiger partial charge < -0.3 is 4.90 Å². The van der Waals surface area contributed by atoms with Crippen LogP contribution in [-0.4, -0.2) is 43.1 Å². The van der Waals surface area contributed by atoms with Gasteiger partial charge in [0.25, 0.3) is 0 Å². The summed E-state index contributed by atoms with van der Waals surface area (Å²) in [7, 11) is 1.47. The summed E-state index contributed by atoms with van der Waals surface area (Å²) in [5, 5.41) is 0. The monoisotopic (exact) mass is 359 g/mol. The van der Waals surface area contributed by atoms with E-state index in [0.29, 0.717) is 13.1 Å². The van der Waals surface area contributed by atoms with Gasteiger partial charge in [0.1, 0.15) is 5.52 Å². The number of halogens is 2. The number of carbonyl (C=O) groups is 1. The number of nitrogens with zero attached hydrogens (tertiary/aromatic N) is 5. The van der Waals surface area contributed by atoms with Crippen LogP contribution in [0.4, 0.5) is 13.6 Å². The Labute approximate surface area is 146 Å². The normalized spacial score (nSPS) is 14.3. The molecule has 1 amide bonds. The molecule has 1 aliphatic rings. The van der Waals surface area contributed by atoms with E-state index in [1.807, 2.05) is 0 Å². The first-order valence-electron chi connectivity index (χ1n) is 8.17. The molecule has 0 unspecified atom stereocenters. The molecule has 1 fully saturated rings. The van der Waals surface area contributed by atoms with Gasteiger partial charge in [-0.2, -0.15) is 0 Å². The summed E-state index contributed by atoms with van der Waals surface area (Å²) < 4.78 is 29.7. The number of hydrogen-bond donors (Lipinski definition) is 0. The Kier molecular flexibility index (Phi) is 3.78. The minimum Gasteiger partial charge on any atom is -0.324 e. The van der Waals surface area contributed by atoms with Crippen molar-refractivity contribution in [2.24, 2.45) is 7.05 Å². The first kappa shape index (κ1) is 16.4. The Morgan fingerprint density at radius 1 is 1.19 bits per heavy atom. The lowest BCUT2D eigenvalue weighted by Crippen LogP contribution is -2.38. The minimum atomic E-state index is -1.07. The van der Waals surface area contributed by atoms with Gasteiger partial charge in [-0.05, 0) is 25.0 Å². The van der Waals surface area contributed by atoms with Crippen molar-refractivity contribution in [3.63, 3.8) is 0 Å². The number of aromatic nitrogens is 4. The van der Waals surface area contributed by atoms with E-state index >= 15 is 0 Å². The highest BCUT2D eigenvalue weighted by Gasteiger charge is 2.25. The summed E-state index contributed by atoms with van der Waals surface area (Å²) in [6.45, 7) is 1.18. The van der Waals surface area contributed by atoms with Crippen LogP contribution in [-0.2, 0) is 7.05 Å². The van der Waals surface area contributed by atoms with E-state index in [4.69, 9.17) is 0 Å². The van der Waals surface area contributed by atoms with Crippen molar-refractivity contribution < 1.29 is 13.6 Å². The average molecular weight is 359 g/mol. The summed E-state index contributed by atoms with van der Waals surface area (Å²) in [6, 6.07) is 3.27. The molecule has 0 radical (unpaired) electrons. The number of carbonyl (C=O) groups excluding carboxylic acids is 1. The lowest BCUT2D eigenvalue weighted by Gasteiger charge is -2.14. The fourth-order valence-corrected chi connectivity index (χ4v) is 3.16. The molecule has 0 saturated carbocycles. The predicted molar refractivity (Wildman–Crippen MR) is 89.7 cm³/mol. The molecule has 1 saturated heterocycles. The van der Waals surface area contributed by atoms with Gasteiger partial charge in [-0.1, -0.05) is 6.07 Å². The number of hydrogen-bond acceptors (Lipinski definition) is 4. The number of aryl methyl sites for hydroxylation is 1. The number of imidazole rings is 1. The van der Waals surface area contributed by atoms with Crippen LogP contribution in [0.25, 0.3) is 22.6 Å². The standard InChI is InChI=1S/C17H15F2N5O2/c1-22-15-12(24(16(22)25)17(26)23-7-2-3-8-23)9-20-14(21-15)10-5-4-6-11(18)13(10)19/h4-6,9H,2-3,7-8H2,1H3. The van der Waals surface area contributed by atoms with Gasteiger partial charge in [0.05, 0.1) is 11.8 Å². The Hall–Kier alpha value is -3.10. The van der Waals surface area contributed by atoms with E-state index < -0.39 is 23.4 Å². The van der Waals surface area contributed by atoms with E-state index in [-0.39, 0.29) is 22.6 Å². The fraction of sp³-hybridized carbons (Fsp3) is 0.294. The molecule has 0 atom stereocenters. The lowest BCUT2D eigenvalue weighted by molar-refractivity contribution is 0.210. The number of fused-ring (bicyclic) bond motifs is 1. The van der Waals surface area contributed by atoms with Crippen molar-refractivity contribution in [3.8, 4) is 11.4 Å². The molecule has 26 heavy (non-hydrogen) atoms. The second kappa shape index (κ2) is 6.01. The number of likely N-dealkylation sites (tertiary alicyclic amines) is 1. The SMILES string of the molecule is Cn1c(=O)n(C(=O)N2CCCC2)c2cnc(-c3cccc(F)c3F)nc21. The zero-order chi connectivity index (χ0) is 18.4. The summed E-state index contributed by atoms with van der Waals surface area (Å²) in [5.41, 5.74) is -0.257. The summed E-state index contributed by atoms with van der Waals surface area (Å²) in [6.07, 6.45) is 3.08. The van der Waals surface area contributed by atoms with Crippen molar-refractivity contribution in [2.45, 2.75) is 12.8 Å². The number of amides is 1. The van der Waals surface area contributed by atoms with E-state index in [9.17, 15) is 18.4 Å². The van der Waals surface area contributed by atoms with Crippen molar-refractivity contribution in [2.75, 3.05) is 13.1 Å². The van der Waals surface area contributed by atoms with E-state index in [0.717, 1.165) is 23.5 Å². The molecule has 9 heteroatoms. The van der Waals surface area contributed by atoms with Gasteiger partial charge in [-0.3, -0.25) is 4.57 Å². The average Bonchev–Trinajstić information content (AvgIpc) is 3.25. The second-order valence-corrected chi connectivity index (χ2v) is 6.16. The van der Waals surface area contributed by atoms with E-state index in [1.54, 1.807) is 4.90 Å². The van der Waals surface area contributed by atoms with Gasteiger partial charge in [0, 0.05) is 20.1 Å². The maximum Gasteiger partial charge on any atom is 0.338 e. The Balaban J connectivity index is 1.88. The number of rotatable bonds is 1. The zero-order valence-electron chi connectivity index (χ0n) is 13.9. The maximum atomic E-state index is 14.0. The molecule has 3 aromatic rings. The number of benzene rings is 1. The predicted octanol–water partition coefficient (Wildman–Crippen LogP) is 2.14. The molecule has 0 N–H and O–H groups in total. The van der Waals surface area contributed by atoms with Crippen LogP contribution in [0, 0.1) is 11.6 Å². The van der Waals surface area contributed by atoms with Gasteiger partial charge in [0.2, 0.25) is 0 Å². The maximum absolute atomic E-state index is 14.0. The first-order valence-corrected chi connectivity index (χ1v) is 8.17. The van der Waals surface area contributed by atoms with Crippen LogP contribution in [0.15, 0.2) is 29.2 Å². The van der Waals surface area contributed by atoms with Gasteiger partial charge in [0.15, 0.2) is 23.1 Å². The van der Waals surface area contributed by atoms with Crippen LogP contribution >= 0.6 is 0 Å². The largest absolute Gasteiger partial charge is 0.338 e. The highest BCUT2D eigenvalue weighted by atomic mass is 19.2. The molecule has 1 aromatic carbocycles. The molecule has 134 valence electrons. The Morgan fingerprint density at radius 3 is 2.65 bits per heavy atom. The molecule has 4 rings (SSSR count). The smallest absolute Gasteiger partial charge is 0.324 e. The topological polar surface area (TPSA) is 73.0 Å². The molecule has 2 aromatic heterocycles. The quantitative estimate of drug-likeness (QED) is 0.667. The Bertz CT molecular complexity index is 1080. The zero-order valence-corrected chi connectivity index (χ0v) is 13.9. The van der Waals surface area contributed by atoms with Crippen LogP contribution in [0.2, 0.25) is 0 Å². The second-order valence-electron chi connectivity index (χ2n) is 6.16. The molecule has 0 bridgehead atoms. The van der Waals surface area contributed by atoms with Crippen molar-refractivity contribution in [1.82, 2.24) is 24.0 Å². The molecular weight excluding hydrogens is 344 g/mol. The van der Waals surface area contributed by atoms with Gasteiger partial charge in [-0.25, -0.2) is 32.9 Å². The van der Waals surface area contributed by atoms with Crippen LogP contribution in [0.1, 0.15) is 12.8 Å². The highest BCUT2D eigenvalue weighted by Crippen LogP contribution is 2.23. The van der Waals surface area contributed by atoms with Crippen molar-refractivity contribution in [3.05, 3.63) is 46.5 Å². The van der Waals surface area contributed by atoms with Gasteiger partial charge in [-0.15, -0.1) is 0 Å². The van der Waals surface area contributed by atoms with Gasteiger partial charge >= 0.3 is 11.7 Å². The summed E-state index contributed by atoms with van der Waals surface area (Å²) >= 11 is 0. The third-order valence-corrected chi connectivity index (χ3v) is 4.55. The summed E-state index contributed by atoms with van der Waals surface area (Å²) in [4.78, 5) is 35.0. The molecule has 0 spiro atoms. The third kappa shape index (κ3) is 2.39. The van der Waals surface area contributed by atoms with E-state index in [2.05, 4.69) is 9.97 Å². The molecule has 7 nitrogen and oxygen atoms in total. The molecule has 1 aliphatic heterocycles. The molecule has 3 heterocycles. The first-order chi connectivity index (χ1) is 12.5. The van der Waals surface area contributed by atoms with Crippen molar-refractivity contribution in [1.29, 1.82) is 0 Å². The minimum absolute atomic E-state index is 0.0594. The fourth-order valence-electron chi connectivity index (χ4n) is 3.16. The third-order valence-electron chi connectivity index (χ3n) is 4.55.